The van der Waals surface area contributed by atoms with E-state index in [0.717, 1.165) is 15.4 Å². The molecule has 1 atom stereocenters. The molecular weight excluding hydrogens is 578 g/mol. The van der Waals surface area contributed by atoms with Crippen molar-refractivity contribution in [3.63, 3.8) is 0 Å². The number of carbonyl (C=O) groups is 2. The number of ether oxygens (including phenoxy) is 2. The first kappa shape index (κ1) is 32.8. The van der Waals surface area contributed by atoms with E-state index in [1.807, 2.05) is 33.8 Å². The summed E-state index contributed by atoms with van der Waals surface area (Å²) in [6, 6.07) is 15.5. The van der Waals surface area contributed by atoms with Crippen LogP contribution in [0.3, 0.4) is 0 Å². The molecule has 0 aliphatic heterocycles. The fraction of sp³-hybridized carbons (Fsp3) is 0.355. The lowest BCUT2D eigenvalue weighted by molar-refractivity contribution is -0.139. The summed E-state index contributed by atoms with van der Waals surface area (Å²) in [7, 11) is -1.42. The highest BCUT2D eigenvalue weighted by Gasteiger charge is 2.33. The molecule has 0 radical (unpaired) electrons. The zero-order valence-corrected chi connectivity index (χ0v) is 26.5. The van der Waals surface area contributed by atoms with Gasteiger partial charge in [-0.15, -0.1) is 0 Å². The quantitative estimate of drug-likeness (QED) is 0.304. The summed E-state index contributed by atoms with van der Waals surface area (Å²) in [6.45, 7) is 8.45. The number of anilines is 1. The number of rotatable bonds is 12. The van der Waals surface area contributed by atoms with Crippen LogP contribution in [0.4, 0.5) is 5.69 Å². The minimum absolute atomic E-state index is 0.0448. The molecule has 0 unspecified atom stereocenters. The zero-order chi connectivity index (χ0) is 31.2. The van der Waals surface area contributed by atoms with Crippen LogP contribution < -0.4 is 19.1 Å². The van der Waals surface area contributed by atoms with Crippen LogP contribution >= 0.6 is 11.6 Å². The third kappa shape index (κ3) is 7.95. The van der Waals surface area contributed by atoms with E-state index in [2.05, 4.69) is 5.32 Å². The van der Waals surface area contributed by atoms with Crippen molar-refractivity contribution in [1.82, 2.24) is 10.2 Å². The summed E-state index contributed by atoms with van der Waals surface area (Å²) in [5, 5.41) is 3.32. The van der Waals surface area contributed by atoms with Crippen LogP contribution in [0, 0.1) is 13.8 Å². The lowest BCUT2D eigenvalue weighted by Gasteiger charge is -2.32. The molecular formula is C31H38ClN3O6S. The Morgan fingerprint density at radius 2 is 1.55 bits per heavy atom. The van der Waals surface area contributed by atoms with Gasteiger partial charge in [0.15, 0.2) is 11.5 Å². The molecule has 0 aliphatic carbocycles. The number of amides is 2. The van der Waals surface area contributed by atoms with E-state index in [1.54, 1.807) is 43.3 Å². The fourth-order valence-corrected chi connectivity index (χ4v) is 6.17. The maximum Gasteiger partial charge on any atom is 0.264 e. The maximum atomic E-state index is 14.2. The van der Waals surface area contributed by atoms with Gasteiger partial charge in [0.2, 0.25) is 11.8 Å². The third-order valence-corrected chi connectivity index (χ3v) is 8.56. The molecule has 0 bridgehead atoms. The van der Waals surface area contributed by atoms with Gasteiger partial charge in [-0.2, -0.15) is 0 Å². The maximum absolute atomic E-state index is 14.2. The molecule has 11 heteroatoms. The van der Waals surface area contributed by atoms with Crippen molar-refractivity contribution >= 4 is 39.1 Å². The number of aryl methyl sites for hydroxylation is 2. The van der Waals surface area contributed by atoms with Crippen LogP contribution in [0.25, 0.3) is 0 Å². The van der Waals surface area contributed by atoms with E-state index in [9.17, 15) is 18.0 Å². The van der Waals surface area contributed by atoms with Crippen molar-refractivity contribution in [2.75, 3.05) is 25.1 Å². The lowest BCUT2D eigenvalue weighted by Crippen LogP contribution is -2.52. The second-order valence-corrected chi connectivity index (χ2v) is 12.7. The summed E-state index contributed by atoms with van der Waals surface area (Å²) in [5.74, 6) is -0.333. The van der Waals surface area contributed by atoms with Crippen LogP contribution in [-0.2, 0) is 26.2 Å². The van der Waals surface area contributed by atoms with Gasteiger partial charge in [-0.3, -0.25) is 13.9 Å². The molecule has 3 aromatic carbocycles. The predicted molar refractivity (Wildman–Crippen MR) is 165 cm³/mol. The molecule has 2 amide bonds. The first-order valence-electron chi connectivity index (χ1n) is 13.4. The highest BCUT2D eigenvalue weighted by molar-refractivity contribution is 7.92. The summed E-state index contributed by atoms with van der Waals surface area (Å²) in [4.78, 5) is 28.4. The molecule has 0 fully saturated rings. The van der Waals surface area contributed by atoms with Crippen LogP contribution in [0.5, 0.6) is 11.5 Å². The number of benzene rings is 3. The topological polar surface area (TPSA) is 105 Å². The first-order chi connectivity index (χ1) is 19.8. The summed E-state index contributed by atoms with van der Waals surface area (Å²) in [5.41, 5.74) is 2.66. The van der Waals surface area contributed by atoms with E-state index < -0.39 is 28.5 Å². The molecule has 3 rings (SSSR count). The number of halogens is 1. The fourth-order valence-electron chi connectivity index (χ4n) is 4.55. The first-order valence-corrected chi connectivity index (χ1v) is 15.3. The Labute approximate surface area is 253 Å². The third-order valence-electron chi connectivity index (χ3n) is 6.56. The Bertz CT molecular complexity index is 1520. The van der Waals surface area contributed by atoms with Gasteiger partial charge < -0.3 is 19.7 Å². The number of nitrogens with one attached hydrogen (secondary N) is 1. The van der Waals surface area contributed by atoms with Crippen molar-refractivity contribution < 1.29 is 27.5 Å². The Balaban J connectivity index is 2.11. The highest BCUT2D eigenvalue weighted by Crippen LogP contribution is 2.33. The minimum Gasteiger partial charge on any atom is -0.493 e. The molecule has 1 N–H and O–H groups in total. The number of sulfonamides is 1. The average Bonchev–Trinajstić information content (AvgIpc) is 2.92. The summed E-state index contributed by atoms with van der Waals surface area (Å²) in [6.07, 6.45) is 0. The minimum atomic E-state index is -4.29. The number of hydrogen-bond acceptors (Lipinski definition) is 6. The zero-order valence-electron chi connectivity index (χ0n) is 25.0. The molecule has 3 aromatic rings. The van der Waals surface area contributed by atoms with Crippen molar-refractivity contribution in [3.05, 3.63) is 82.4 Å². The van der Waals surface area contributed by atoms with Gasteiger partial charge >= 0.3 is 0 Å². The predicted octanol–water partition coefficient (Wildman–Crippen LogP) is 5.11. The van der Waals surface area contributed by atoms with Gasteiger partial charge in [-0.25, -0.2) is 8.42 Å². The van der Waals surface area contributed by atoms with E-state index in [1.165, 1.54) is 37.3 Å². The standard InChI is InChI=1S/C31H38ClN3O6S/c1-20(2)33-31(37)23(5)34(18-24-9-8-10-25(32)16-24)30(36)19-35(26-14-21(3)13-22(4)15-26)42(38,39)27-11-12-28(40-6)29(17-27)41-7/h8-17,20,23H,18-19H2,1-7H3,(H,33,37)/t23-/m0/s1. The van der Waals surface area contributed by atoms with Gasteiger partial charge in [0, 0.05) is 23.7 Å². The number of carbonyl (C=O) groups excluding carboxylic acids is 2. The van der Waals surface area contributed by atoms with Crippen molar-refractivity contribution in [3.8, 4) is 11.5 Å². The van der Waals surface area contributed by atoms with Crippen LogP contribution in [-0.4, -0.2) is 58.0 Å². The average molecular weight is 616 g/mol. The molecule has 226 valence electrons. The normalized spacial score (nSPS) is 12.0. The van der Waals surface area contributed by atoms with Crippen molar-refractivity contribution in [1.29, 1.82) is 0 Å². The van der Waals surface area contributed by atoms with Crippen LogP contribution in [0.15, 0.2) is 65.6 Å². The second kappa shape index (κ2) is 13.9. The number of methoxy groups -OCH3 is 2. The molecule has 0 aromatic heterocycles. The van der Waals surface area contributed by atoms with Crippen LogP contribution in [0.2, 0.25) is 5.02 Å². The van der Waals surface area contributed by atoms with Gasteiger partial charge in [-0.05, 0) is 87.7 Å². The Hall–Kier alpha value is -3.76. The smallest absolute Gasteiger partial charge is 0.264 e. The van der Waals surface area contributed by atoms with Gasteiger partial charge in [0.25, 0.3) is 10.0 Å². The molecule has 0 aliphatic rings. The lowest BCUT2D eigenvalue weighted by atomic mass is 10.1. The van der Waals surface area contributed by atoms with Crippen molar-refractivity contribution in [2.45, 2.75) is 58.1 Å². The SMILES string of the molecule is COc1ccc(S(=O)(=O)N(CC(=O)N(Cc2cccc(Cl)c2)[C@@H](C)C(=O)NC(C)C)c2cc(C)cc(C)c2)cc1OC. The molecule has 9 nitrogen and oxygen atoms in total. The Morgan fingerprint density at radius 3 is 2.12 bits per heavy atom. The van der Waals surface area contributed by atoms with Gasteiger partial charge in [0.1, 0.15) is 12.6 Å². The summed E-state index contributed by atoms with van der Waals surface area (Å²) < 4.78 is 40.1. The highest BCUT2D eigenvalue weighted by atomic mass is 35.5. The number of nitrogens with zero attached hydrogens (tertiary/aromatic N) is 2. The second-order valence-electron chi connectivity index (χ2n) is 10.4. The Morgan fingerprint density at radius 1 is 0.905 bits per heavy atom. The number of hydrogen-bond donors (Lipinski definition) is 1. The molecule has 0 spiro atoms. The van der Waals surface area contributed by atoms with E-state index in [-0.39, 0.29) is 29.1 Å². The Kier molecular flexibility index (Phi) is 10.9. The van der Waals surface area contributed by atoms with E-state index in [4.69, 9.17) is 21.1 Å². The molecule has 0 heterocycles. The molecule has 42 heavy (non-hydrogen) atoms. The largest absolute Gasteiger partial charge is 0.493 e. The van der Waals surface area contributed by atoms with E-state index >= 15 is 0 Å². The molecule has 0 saturated carbocycles. The van der Waals surface area contributed by atoms with Crippen molar-refractivity contribution in [2.24, 2.45) is 0 Å². The van der Waals surface area contributed by atoms with Gasteiger partial charge in [-0.1, -0.05) is 29.8 Å². The monoisotopic (exact) mass is 615 g/mol. The van der Waals surface area contributed by atoms with Gasteiger partial charge in [0.05, 0.1) is 24.8 Å². The molecule has 0 saturated heterocycles. The summed E-state index contributed by atoms with van der Waals surface area (Å²) >= 11 is 6.20. The van der Waals surface area contributed by atoms with E-state index in [0.29, 0.717) is 22.0 Å². The van der Waals surface area contributed by atoms with Crippen LogP contribution in [0.1, 0.15) is 37.5 Å².